The number of nitrogens with zero attached hydrogens (tertiary/aromatic N) is 4. The number of carbonyl (C=O) groups excluding carboxylic acids is 1. The van der Waals surface area contributed by atoms with Gasteiger partial charge in [0.1, 0.15) is 6.54 Å². The highest BCUT2D eigenvalue weighted by Crippen LogP contribution is 2.00. The minimum absolute atomic E-state index is 0.105. The number of hydrogen-bond acceptors (Lipinski definition) is 4. The Bertz CT molecular complexity index is 323. The molecule has 1 N–H and O–H groups in total. The van der Waals surface area contributed by atoms with Crippen molar-refractivity contribution in [2.75, 3.05) is 19.6 Å². The summed E-state index contributed by atoms with van der Waals surface area (Å²) < 4.78 is 1.55. The first-order valence-corrected chi connectivity index (χ1v) is 5.11. The number of amides is 1. The lowest BCUT2D eigenvalue weighted by molar-refractivity contribution is -0.133. The summed E-state index contributed by atoms with van der Waals surface area (Å²) in [6, 6.07) is 0.374. The Morgan fingerprint density at radius 2 is 2.53 bits per heavy atom. The SMILES string of the molecule is C[C@H]1CN(C(=O)Cn2ccnn2)CCN1. The van der Waals surface area contributed by atoms with Gasteiger partial charge in [-0.25, -0.2) is 4.68 Å². The van der Waals surface area contributed by atoms with Crippen molar-refractivity contribution in [3.63, 3.8) is 0 Å². The average Bonchev–Trinajstić information content (AvgIpc) is 2.70. The Hall–Kier alpha value is -1.43. The van der Waals surface area contributed by atoms with Gasteiger partial charge in [-0.05, 0) is 6.92 Å². The molecule has 0 bridgehead atoms. The molecule has 0 unspecified atom stereocenters. The van der Waals surface area contributed by atoms with E-state index in [1.807, 2.05) is 4.90 Å². The molecule has 1 aromatic rings. The van der Waals surface area contributed by atoms with Crippen molar-refractivity contribution in [3.8, 4) is 0 Å². The first-order valence-electron chi connectivity index (χ1n) is 5.11. The fourth-order valence-corrected chi connectivity index (χ4v) is 1.71. The van der Waals surface area contributed by atoms with Gasteiger partial charge in [0, 0.05) is 31.9 Å². The van der Waals surface area contributed by atoms with Crippen LogP contribution in [0.2, 0.25) is 0 Å². The minimum Gasteiger partial charge on any atom is -0.338 e. The molecule has 1 aliphatic heterocycles. The third-order valence-electron chi connectivity index (χ3n) is 2.49. The van der Waals surface area contributed by atoms with Crippen LogP contribution in [0.25, 0.3) is 0 Å². The van der Waals surface area contributed by atoms with E-state index in [1.54, 1.807) is 17.1 Å². The second-order valence-electron chi connectivity index (χ2n) is 3.80. The standard InChI is InChI=1S/C9H15N5O/c1-8-6-13(4-2-10-8)9(15)7-14-5-3-11-12-14/h3,5,8,10H,2,4,6-7H2,1H3/t8-/m0/s1. The smallest absolute Gasteiger partial charge is 0.244 e. The number of nitrogens with one attached hydrogen (secondary N) is 1. The van der Waals surface area contributed by atoms with Crippen LogP contribution in [0.5, 0.6) is 0 Å². The van der Waals surface area contributed by atoms with E-state index in [9.17, 15) is 4.79 Å². The lowest BCUT2D eigenvalue weighted by Crippen LogP contribution is -2.52. The molecule has 82 valence electrons. The highest BCUT2D eigenvalue weighted by atomic mass is 16.2. The molecule has 0 aliphatic carbocycles. The second-order valence-corrected chi connectivity index (χ2v) is 3.80. The molecule has 1 amide bonds. The van der Waals surface area contributed by atoms with Gasteiger partial charge >= 0.3 is 0 Å². The van der Waals surface area contributed by atoms with Crippen molar-refractivity contribution in [3.05, 3.63) is 12.4 Å². The lowest BCUT2D eigenvalue weighted by Gasteiger charge is -2.31. The molecule has 1 atom stereocenters. The van der Waals surface area contributed by atoms with Crippen LogP contribution in [0, 0.1) is 0 Å². The minimum atomic E-state index is 0.105. The second kappa shape index (κ2) is 4.39. The Morgan fingerprint density at radius 1 is 1.67 bits per heavy atom. The van der Waals surface area contributed by atoms with Crippen molar-refractivity contribution in [2.45, 2.75) is 19.5 Å². The predicted octanol–water partition coefficient (Wildman–Crippen LogP) is -0.902. The number of hydrogen-bond donors (Lipinski definition) is 1. The molecule has 6 nitrogen and oxygen atoms in total. The van der Waals surface area contributed by atoms with Crippen molar-refractivity contribution in [1.29, 1.82) is 0 Å². The van der Waals surface area contributed by atoms with Crippen LogP contribution in [0.3, 0.4) is 0 Å². The fourth-order valence-electron chi connectivity index (χ4n) is 1.71. The Labute approximate surface area is 88.2 Å². The number of rotatable bonds is 2. The van der Waals surface area contributed by atoms with Crippen molar-refractivity contribution in [2.24, 2.45) is 0 Å². The molecule has 2 heterocycles. The Kier molecular flexibility index (Phi) is 2.96. The van der Waals surface area contributed by atoms with E-state index in [-0.39, 0.29) is 12.5 Å². The summed E-state index contributed by atoms with van der Waals surface area (Å²) in [7, 11) is 0. The maximum atomic E-state index is 11.8. The van der Waals surface area contributed by atoms with Gasteiger partial charge < -0.3 is 10.2 Å². The molecule has 1 fully saturated rings. The first-order chi connectivity index (χ1) is 7.25. The Morgan fingerprint density at radius 3 is 3.20 bits per heavy atom. The predicted molar refractivity (Wildman–Crippen MR) is 54.1 cm³/mol. The third kappa shape index (κ3) is 2.53. The van der Waals surface area contributed by atoms with Crippen LogP contribution in [-0.4, -0.2) is 51.5 Å². The molecular weight excluding hydrogens is 194 g/mol. The molecule has 15 heavy (non-hydrogen) atoms. The lowest BCUT2D eigenvalue weighted by atomic mass is 10.2. The monoisotopic (exact) mass is 209 g/mol. The van der Waals surface area contributed by atoms with Crippen molar-refractivity contribution >= 4 is 5.91 Å². The molecule has 1 saturated heterocycles. The van der Waals surface area contributed by atoms with Crippen LogP contribution in [0.1, 0.15) is 6.92 Å². The van der Waals surface area contributed by atoms with Gasteiger partial charge in [-0.3, -0.25) is 4.79 Å². The van der Waals surface area contributed by atoms with E-state index < -0.39 is 0 Å². The summed E-state index contributed by atoms with van der Waals surface area (Å²) in [4.78, 5) is 13.7. The molecule has 6 heteroatoms. The highest BCUT2D eigenvalue weighted by Gasteiger charge is 2.20. The summed E-state index contributed by atoms with van der Waals surface area (Å²) in [5, 5.41) is 10.7. The van der Waals surface area contributed by atoms with E-state index in [0.29, 0.717) is 6.04 Å². The molecular formula is C9H15N5O. The first kappa shape index (κ1) is 10.1. The average molecular weight is 209 g/mol. The van der Waals surface area contributed by atoms with Crippen molar-refractivity contribution < 1.29 is 4.79 Å². The number of aromatic nitrogens is 3. The van der Waals surface area contributed by atoms with E-state index in [4.69, 9.17) is 0 Å². The molecule has 1 aliphatic rings. The van der Waals surface area contributed by atoms with Crippen molar-refractivity contribution in [1.82, 2.24) is 25.2 Å². The highest BCUT2D eigenvalue weighted by molar-refractivity contribution is 5.76. The summed E-state index contributed by atoms with van der Waals surface area (Å²) in [5.41, 5.74) is 0. The number of carbonyl (C=O) groups is 1. The van der Waals surface area contributed by atoms with E-state index in [2.05, 4.69) is 22.6 Å². The molecule has 0 radical (unpaired) electrons. The van der Waals surface area contributed by atoms with Gasteiger partial charge in [0.2, 0.25) is 5.91 Å². The van der Waals surface area contributed by atoms with Crippen LogP contribution < -0.4 is 5.32 Å². The van der Waals surface area contributed by atoms with E-state index in [0.717, 1.165) is 19.6 Å². The van der Waals surface area contributed by atoms with Gasteiger partial charge in [0.05, 0.1) is 6.20 Å². The van der Waals surface area contributed by atoms with Gasteiger partial charge in [-0.1, -0.05) is 5.21 Å². The zero-order valence-electron chi connectivity index (χ0n) is 8.76. The largest absolute Gasteiger partial charge is 0.338 e. The number of piperazine rings is 1. The third-order valence-corrected chi connectivity index (χ3v) is 2.49. The van der Waals surface area contributed by atoms with Crippen LogP contribution in [0.4, 0.5) is 0 Å². The molecule has 0 spiro atoms. The van der Waals surface area contributed by atoms with E-state index >= 15 is 0 Å². The fraction of sp³-hybridized carbons (Fsp3) is 0.667. The maximum Gasteiger partial charge on any atom is 0.244 e. The van der Waals surface area contributed by atoms with Crippen LogP contribution in [-0.2, 0) is 11.3 Å². The summed E-state index contributed by atoms with van der Waals surface area (Å²) in [5.74, 6) is 0.105. The van der Waals surface area contributed by atoms with Gasteiger partial charge in [-0.15, -0.1) is 5.10 Å². The van der Waals surface area contributed by atoms with Crippen LogP contribution in [0.15, 0.2) is 12.4 Å². The maximum absolute atomic E-state index is 11.8. The zero-order valence-corrected chi connectivity index (χ0v) is 8.76. The quantitative estimate of drug-likeness (QED) is 0.685. The molecule has 2 rings (SSSR count). The Balaban J connectivity index is 1.90. The van der Waals surface area contributed by atoms with Gasteiger partial charge in [0.15, 0.2) is 0 Å². The van der Waals surface area contributed by atoms with Crippen LogP contribution >= 0.6 is 0 Å². The molecule has 0 saturated carbocycles. The topological polar surface area (TPSA) is 63.1 Å². The normalized spacial score (nSPS) is 21.7. The van der Waals surface area contributed by atoms with Gasteiger partial charge in [0.25, 0.3) is 0 Å². The van der Waals surface area contributed by atoms with Gasteiger partial charge in [-0.2, -0.15) is 0 Å². The summed E-state index contributed by atoms with van der Waals surface area (Å²) >= 11 is 0. The summed E-state index contributed by atoms with van der Waals surface area (Å²) in [6.07, 6.45) is 3.27. The van der Waals surface area contributed by atoms with E-state index in [1.165, 1.54) is 0 Å². The summed E-state index contributed by atoms with van der Waals surface area (Å²) in [6.45, 7) is 4.78. The molecule has 0 aromatic carbocycles. The zero-order chi connectivity index (χ0) is 10.7. The molecule has 1 aromatic heterocycles.